The van der Waals surface area contributed by atoms with Crippen LogP contribution < -0.4 is 10.6 Å². The van der Waals surface area contributed by atoms with E-state index < -0.39 is 15.4 Å². The number of anilines is 1. The second-order valence-corrected chi connectivity index (χ2v) is 14.2. The summed E-state index contributed by atoms with van der Waals surface area (Å²) in [6.07, 6.45) is 6.50. The molecule has 3 aliphatic rings. The molecule has 2 saturated heterocycles. The molecule has 1 aromatic heterocycles. The van der Waals surface area contributed by atoms with E-state index in [9.17, 15) is 9.00 Å². The third-order valence-corrected chi connectivity index (χ3v) is 11.3. The molecule has 1 unspecified atom stereocenters. The average Bonchev–Trinajstić information content (AvgIpc) is 3.45. The maximum absolute atomic E-state index is 13.2. The SMILES string of the molecule is C=S(=O)(c1ccc(/C(=N\O[C@@H]2CCOC2)C(=O)Nc2ncc(SC3CCNCC3)s2)cc1)C1CC1. The molecule has 1 aliphatic carbocycles. The second kappa shape index (κ2) is 11.0. The molecule has 2 atom stereocenters. The van der Waals surface area contributed by atoms with Crippen LogP contribution in [0.15, 0.2) is 44.7 Å². The first-order chi connectivity index (χ1) is 17.0. The Labute approximate surface area is 214 Å². The van der Waals surface area contributed by atoms with Gasteiger partial charge in [-0.25, -0.2) is 4.98 Å². The number of carbonyl (C=O) groups excluding carboxylic acids is 1. The Bertz CT molecular complexity index is 1160. The number of thioether (sulfide) groups is 1. The maximum atomic E-state index is 13.2. The van der Waals surface area contributed by atoms with Crippen molar-refractivity contribution in [2.75, 3.05) is 31.6 Å². The van der Waals surface area contributed by atoms with Gasteiger partial charge in [-0.15, -0.1) is 11.8 Å². The maximum Gasteiger partial charge on any atom is 0.280 e. The van der Waals surface area contributed by atoms with Gasteiger partial charge in [-0.05, 0) is 66.3 Å². The van der Waals surface area contributed by atoms with Crippen molar-refractivity contribution in [3.63, 3.8) is 0 Å². The van der Waals surface area contributed by atoms with E-state index >= 15 is 0 Å². The molecule has 3 heterocycles. The van der Waals surface area contributed by atoms with Crippen LogP contribution in [0.4, 0.5) is 5.13 Å². The fourth-order valence-electron chi connectivity index (χ4n) is 4.04. The zero-order chi connectivity index (χ0) is 24.3. The quantitative estimate of drug-likeness (QED) is 0.289. The Hall–Kier alpha value is -1.92. The van der Waals surface area contributed by atoms with Gasteiger partial charge in [0.2, 0.25) is 0 Å². The number of oxime groups is 1. The molecule has 2 aromatic rings. The van der Waals surface area contributed by atoms with Gasteiger partial charge in [0.25, 0.3) is 5.91 Å². The third-order valence-electron chi connectivity index (χ3n) is 6.26. The van der Waals surface area contributed by atoms with Crippen LogP contribution in [0.5, 0.6) is 0 Å². The molecular formula is C24H30N4O4S3. The number of rotatable bonds is 9. The molecule has 1 aromatic carbocycles. The lowest BCUT2D eigenvalue weighted by atomic mass is 10.1. The molecule has 2 aliphatic heterocycles. The van der Waals surface area contributed by atoms with Gasteiger partial charge < -0.3 is 14.9 Å². The Balaban J connectivity index is 1.31. The van der Waals surface area contributed by atoms with Crippen LogP contribution >= 0.6 is 23.1 Å². The minimum atomic E-state index is -2.31. The number of piperidine rings is 1. The molecule has 0 radical (unpaired) electrons. The average molecular weight is 535 g/mol. The lowest BCUT2D eigenvalue weighted by molar-refractivity contribution is -0.110. The van der Waals surface area contributed by atoms with Crippen LogP contribution in [-0.2, 0) is 23.9 Å². The lowest BCUT2D eigenvalue weighted by Gasteiger charge is -2.20. The molecule has 5 rings (SSSR count). The van der Waals surface area contributed by atoms with Crippen LogP contribution in [0.1, 0.15) is 37.7 Å². The Morgan fingerprint density at radius 3 is 2.69 bits per heavy atom. The van der Waals surface area contributed by atoms with E-state index in [2.05, 4.69) is 26.6 Å². The molecule has 35 heavy (non-hydrogen) atoms. The van der Waals surface area contributed by atoms with Gasteiger partial charge in [0, 0.05) is 27.4 Å². The van der Waals surface area contributed by atoms with Gasteiger partial charge >= 0.3 is 0 Å². The molecule has 3 fully saturated rings. The van der Waals surface area contributed by atoms with E-state index in [4.69, 9.17) is 9.57 Å². The van der Waals surface area contributed by atoms with E-state index in [0.29, 0.717) is 34.1 Å². The highest BCUT2D eigenvalue weighted by Crippen LogP contribution is 2.35. The molecule has 8 nitrogen and oxygen atoms in total. The van der Waals surface area contributed by atoms with Crippen LogP contribution in [0, 0.1) is 0 Å². The molecule has 1 amide bonds. The summed E-state index contributed by atoms with van der Waals surface area (Å²) >= 11 is 3.28. The normalized spacial score (nSPS) is 23.1. The second-order valence-electron chi connectivity index (χ2n) is 8.99. The fraction of sp³-hybridized carbons (Fsp3) is 0.500. The standard InChI is InChI=1S/C24H30N4O4S3/c1-35(30,20-6-7-20)19-4-2-16(3-5-19)22(28-32-17-10-13-31-15-17)23(29)27-24-26-14-21(34-24)33-18-8-11-25-12-9-18/h2-5,14,17-18,20,25H,1,6-13,15H2,(H,26,27,29)/b28-22+/t17-,35?/m1/s1. The lowest BCUT2D eigenvalue weighted by Crippen LogP contribution is -2.28. The summed E-state index contributed by atoms with van der Waals surface area (Å²) in [5, 5.41) is 11.7. The van der Waals surface area contributed by atoms with E-state index in [0.717, 1.165) is 49.4 Å². The molecule has 1 saturated carbocycles. The van der Waals surface area contributed by atoms with Gasteiger partial charge in [0.05, 0.1) is 23.6 Å². The number of carbonyl (C=O) groups is 1. The van der Waals surface area contributed by atoms with Crippen LogP contribution in [0.2, 0.25) is 0 Å². The Morgan fingerprint density at radius 1 is 1.23 bits per heavy atom. The van der Waals surface area contributed by atoms with Crippen molar-refractivity contribution >= 4 is 55.2 Å². The van der Waals surface area contributed by atoms with Crippen molar-refractivity contribution < 1.29 is 18.6 Å². The highest BCUT2D eigenvalue weighted by atomic mass is 32.2. The van der Waals surface area contributed by atoms with Gasteiger partial charge in [-0.3, -0.25) is 14.3 Å². The molecule has 0 spiro atoms. The van der Waals surface area contributed by atoms with Crippen molar-refractivity contribution in [1.82, 2.24) is 10.3 Å². The molecule has 11 heteroatoms. The van der Waals surface area contributed by atoms with Crippen molar-refractivity contribution in [2.24, 2.45) is 5.16 Å². The van der Waals surface area contributed by atoms with Crippen LogP contribution in [0.25, 0.3) is 0 Å². The van der Waals surface area contributed by atoms with Gasteiger partial charge in [-0.1, -0.05) is 28.6 Å². The Morgan fingerprint density at radius 2 is 2.00 bits per heavy atom. The minimum absolute atomic E-state index is 0.146. The first kappa shape index (κ1) is 24.8. The summed E-state index contributed by atoms with van der Waals surface area (Å²) in [6, 6.07) is 7.08. The Kier molecular flexibility index (Phi) is 7.78. The van der Waals surface area contributed by atoms with E-state index in [1.165, 1.54) is 11.3 Å². The number of ether oxygens (including phenoxy) is 1. The van der Waals surface area contributed by atoms with E-state index in [-0.39, 0.29) is 17.1 Å². The summed E-state index contributed by atoms with van der Waals surface area (Å²) in [7, 11) is -2.31. The summed E-state index contributed by atoms with van der Waals surface area (Å²) in [4.78, 5) is 24.0. The first-order valence-corrected chi connectivity index (χ1v) is 15.4. The van der Waals surface area contributed by atoms with Gasteiger partial charge in [-0.2, -0.15) is 0 Å². The highest BCUT2D eigenvalue weighted by molar-refractivity contribution is 8.01. The summed E-state index contributed by atoms with van der Waals surface area (Å²) in [5.41, 5.74) is 0.727. The van der Waals surface area contributed by atoms with E-state index in [1.54, 1.807) is 24.3 Å². The smallest absolute Gasteiger partial charge is 0.280 e. The third kappa shape index (κ3) is 6.26. The molecular weight excluding hydrogens is 504 g/mol. The van der Waals surface area contributed by atoms with Gasteiger partial charge in [0.1, 0.15) is 0 Å². The molecule has 2 N–H and O–H groups in total. The summed E-state index contributed by atoms with van der Waals surface area (Å²) in [6.45, 7) is 3.14. The van der Waals surface area contributed by atoms with Crippen molar-refractivity contribution in [1.29, 1.82) is 0 Å². The predicted octanol–water partition coefficient (Wildman–Crippen LogP) is 3.37. The summed E-state index contributed by atoms with van der Waals surface area (Å²) in [5.74, 6) is 3.57. The van der Waals surface area contributed by atoms with Gasteiger partial charge in [0.15, 0.2) is 16.9 Å². The van der Waals surface area contributed by atoms with Crippen molar-refractivity contribution in [2.45, 2.75) is 57.8 Å². The summed E-state index contributed by atoms with van der Waals surface area (Å²) < 4.78 is 19.4. The number of benzene rings is 1. The minimum Gasteiger partial charge on any atom is -0.389 e. The van der Waals surface area contributed by atoms with Crippen LogP contribution in [-0.4, -0.2) is 69.6 Å². The zero-order valence-electron chi connectivity index (χ0n) is 19.4. The number of hydrogen-bond donors (Lipinski definition) is 2. The van der Waals surface area contributed by atoms with E-state index in [1.807, 2.05) is 18.0 Å². The number of amides is 1. The fourth-order valence-corrected chi connectivity index (χ4v) is 8.21. The van der Waals surface area contributed by atoms with Crippen LogP contribution in [0.3, 0.4) is 0 Å². The zero-order valence-corrected chi connectivity index (χ0v) is 21.9. The molecule has 0 bridgehead atoms. The highest BCUT2D eigenvalue weighted by Gasteiger charge is 2.32. The number of aromatic nitrogens is 1. The predicted molar refractivity (Wildman–Crippen MR) is 142 cm³/mol. The number of thiazole rings is 1. The monoisotopic (exact) mass is 534 g/mol. The number of hydrogen-bond acceptors (Lipinski definition) is 9. The molecule has 188 valence electrons. The number of nitrogens with zero attached hydrogens (tertiary/aromatic N) is 2. The van der Waals surface area contributed by atoms with Crippen molar-refractivity contribution in [3.05, 3.63) is 36.0 Å². The first-order valence-electron chi connectivity index (χ1n) is 11.9. The largest absolute Gasteiger partial charge is 0.389 e. The van der Waals surface area contributed by atoms with Crippen molar-refractivity contribution in [3.8, 4) is 0 Å². The number of nitrogens with one attached hydrogen (secondary N) is 2. The topological polar surface area (TPSA) is 102 Å².